The smallest absolute Gasteiger partial charge is 0.412 e. The van der Waals surface area contributed by atoms with E-state index >= 15 is 0 Å². The molecule has 1 aliphatic rings. The summed E-state index contributed by atoms with van der Waals surface area (Å²) in [6, 6.07) is 10.5. The first kappa shape index (κ1) is 22.3. The van der Waals surface area contributed by atoms with Crippen molar-refractivity contribution in [1.29, 1.82) is 0 Å². The number of anilines is 2. The van der Waals surface area contributed by atoms with E-state index in [1.165, 1.54) is 12.1 Å². The number of rotatable bonds is 5. The van der Waals surface area contributed by atoms with Gasteiger partial charge in [-0.05, 0) is 63.1 Å². The topological polar surface area (TPSA) is 87.7 Å². The molecule has 0 saturated carbocycles. The van der Waals surface area contributed by atoms with Crippen molar-refractivity contribution in [3.63, 3.8) is 0 Å². The zero-order valence-corrected chi connectivity index (χ0v) is 17.8. The maximum atomic E-state index is 13.8. The number of likely N-dealkylation sites (tertiary alicyclic amines) is 1. The number of nitrogens with one attached hydrogen (secondary N) is 2. The molecule has 2 N–H and O–H groups in total. The zero-order valence-electron chi connectivity index (χ0n) is 17.8. The average Bonchev–Trinajstić information content (AvgIpc) is 3.07. The first-order chi connectivity index (χ1) is 14.6. The lowest BCUT2D eigenvalue weighted by molar-refractivity contribution is -0.128. The van der Waals surface area contributed by atoms with E-state index in [0.717, 1.165) is 24.6 Å². The van der Waals surface area contributed by atoms with Crippen molar-refractivity contribution in [2.75, 3.05) is 17.2 Å². The lowest BCUT2D eigenvalue weighted by Gasteiger charge is -2.20. The van der Waals surface area contributed by atoms with Crippen LogP contribution in [-0.2, 0) is 16.1 Å². The normalized spacial score (nSPS) is 13.8. The molecule has 164 valence electrons. The van der Waals surface area contributed by atoms with E-state index in [9.17, 15) is 18.8 Å². The average molecular weight is 427 g/mol. The Hall–Kier alpha value is -3.42. The third-order valence-electron chi connectivity index (χ3n) is 4.63. The van der Waals surface area contributed by atoms with Crippen molar-refractivity contribution in [2.45, 2.75) is 45.8 Å². The van der Waals surface area contributed by atoms with Crippen LogP contribution < -0.4 is 10.6 Å². The van der Waals surface area contributed by atoms with Gasteiger partial charge >= 0.3 is 6.09 Å². The van der Waals surface area contributed by atoms with Gasteiger partial charge in [-0.1, -0.05) is 12.1 Å². The number of ether oxygens (including phenoxy) is 1. The van der Waals surface area contributed by atoms with E-state index in [2.05, 4.69) is 10.6 Å². The molecule has 1 saturated heterocycles. The van der Waals surface area contributed by atoms with Crippen LogP contribution >= 0.6 is 0 Å². The molecule has 2 aromatic rings. The van der Waals surface area contributed by atoms with Crippen LogP contribution in [-0.4, -0.2) is 35.0 Å². The third-order valence-corrected chi connectivity index (χ3v) is 4.63. The summed E-state index contributed by atoms with van der Waals surface area (Å²) in [6.07, 6.45) is 0.732. The highest BCUT2D eigenvalue weighted by Gasteiger charge is 2.21. The van der Waals surface area contributed by atoms with Gasteiger partial charge in [0.1, 0.15) is 11.4 Å². The van der Waals surface area contributed by atoms with Crippen molar-refractivity contribution >= 4 is 29.3 Å². The maximum absolute atomic E-state index is 13.8. The monoisotopic (exact) mass is 427 g/mol. The van der Waals surface area contributed by atoms with E-state index in [-0.39, 0.29) is 17.3 Å². The standard InChI is InChI=1S/C23H26FN3O4/c1-23(2,3)31-22(30)26-18-11-10-17(24)13-19(18)25-21(29)16-8-6-15(7-9-16)14-27-12-4-5-20(27)28/h6-11,13H,4-5,12,14H2,1-3H3,(H,25,29)(H,26,30). The Labute approximate surface area is 180 Å². The molecule has 0 aliphatic carbocycles. The highest BCUT2D eigenvalue weighted by molar-refractivity contribution is 6.06. The van der Waals surface area contributed by atoms with Crippen molar-refractivity contribution in [2.24, 2.45) is 0 Å². The van der Waals surface area contributed by atoms with Crippen molar-refractivity contribution in [3.05, 3.63) is 59.4 Å². The summed E-state index contributed by atoms with van der Waals surface area (Å²) >= 11 is 0. The van der Waals surface area contributed by atoms with Crippen LogP contribution in [0, 0.1) is 5.82 Å². The molecule has 0 aromatic heterocycles. The number of halogens is 1. The predicted molar refractivity (Wildman–Crippen MR) is 115 cm³/mol. The number of benzene rings is 2. The van der Waals surface area contributed by atoms with Crippen LogP contribution in [0.1, 0.15) is 49.5 Å². The lowest BCUT2D eigenvalue weighted by atomic mass is 10.1. The number of amides is 3. The summed E-state index contributed by atoms with van der Waals surface area (Å²) in [7, 11) is 0. The van der Waals surface area contributed by atoms with E-state index in [0.29, 0.717) is 18.5 Å². The minimum atomic E-state index is -0.713. The second-order valence-corrected chi connectivity index (χ2v) is 8.39. The Morgan fingerprint density at radius 3 is 2.39 bits per heavy atom. The molecule has 1 heterocycles. The summed E-state index contributed by atoms with van der Waals surface area (Å²) in [5, 5.41) is 5.15. The fourth-order valence-corrected chi connectivity index (χ4v) is 3.19. The summed E-state index contributed by atoms with van der Waals surface area (Å²) in [6.45, 7) is 6.43. The van der Waals surface area contributed by atoms with Gasteiger partial charge in [0.15, 0.2) is 0 Å². The van der Waals surface area contributed by atoms with Crippen LogP contribution in [0.2, 0.25) is 0 Å². The van der Waals surface area contributed by atoms with Crippen LogP contribution in [0.4, 0.5) is 20.6 Å². The van der Waals surface area contributed by atoms with Gasteiger partial charge in [-0.2, -0.15) is 0 Å². The SMILES string of the molecule is CC(C)(C)OC(=O)Nc1ccc(F)cc1NC(=O)c1ccc(CN2CCCC2=O)cc1. The van der Waals surface area contributed by atoms with Gasteiger partial charge in [0.05, 0.1) is 11.4 Å². The summed E-state index contributed by atoms with van der Waals surface area (Å²) < 4.78 is 19.0. The molecule has 3 rings (SSSR count). The van der Waals surface area contributed by atoms with Gasteiger partial charge in [-0.25, -0.2) is 9.18 Å². The Morgan fingerprint density at radius 1 is 1.06 bits per heavy atom. The number of nitrogens with zero attached hydrogens (tertiary/aromatic N) is 1. The van der Waals surface area contributed by atoms with E-state index in [1.54, 1.807) is 49.9 Å². The van der Waals surface area contributed by atoms with Gasteiger partial charge in [-0.15, -0.1) is 0 Å². The molecule has 8 heteroatoms. The molecule has 31 heavy (non-hydrogen) atoms. The van der Waals surface area contributed by atoms with E-state index in [1.807, 2.05) is 0 Å². The van der Waals surface area contributed by atoms with Gasteiger partial charge in [0.2, 0.25) is 5.91 Å². The number of carbonyl (C=O) groups excluding carboxylic acids is 3. The maximum Gasteiger partial charge on any atom is 0.412 e. The fourth-order valence-electron chi connectivity index (χ4n) is 3.19. The molecular formula is C23H26FN3O4. The van der Waals surface area contributed by atoms with Gasteiger partial charge < -0.3 is 15.0 Å². The minimum Gasteiger partial charge on any atom is -0.444 e. The Bertz CT molecular complexity index is 983. The van der Waals surface area contributed by atoms with Crippen LogP contribution in [0.3, 0.4) is 0 Å². The summed E-state index contributed by atoms with van der Waals surface area (Å²) in [5.74, 6) is -0.879. The zero-order chi connectivity index (χ0) is 22.6. The molecule has 1 fully saturated rings. The number of hydrogen-bond acceptors (Lipinski definition) is 4. The van der Waals surface area contributed by atoms with Crippen LogP contribution in [0.5, 0.6) is 0 Å². The van der Waals surface area contributed by atoms with Crippen LogP contribution in [0.25, 0.3) is 0 Å². The number of hydrogen-bond donors (Lipinski definition) is 2. The first-order valence-corrected chi connectivity index (χ1v) is 10.1. The molecule has 7 nitrogen and oxygen atoms in total. The van der Waals surface area contributed by atoms with E-state index in [4.69, 9.17) is 4.74 Å². The predicted octanol–water partition coefficient (Wildman–Crippen LogP) is 4.55. The van der Waals surface area contributed by atoms with Gasteiger partial charge in [0.25, 0.3) is 5.91 Å². The summed E-state index contributed by atoms with van der Waals surface area (Å²) in [4.78, 5) is 38.3. The van der Waals surface area contributed by atoms with Gasteiger partial charge in [-0.3, -0.25) is 14.9 Å². The lowest BCUT2D eigenvalue weighted by Crippen LogP contribution is -2.27. The number of carbonyl (C=O) groups is 3. The molecule has 0 radical (unpaired) electrons. The Balaban J connectivity index is 1.68. The highest BCUT2D eigenvalue weighted by Crippen LogP contribution is 2.25. The molecule has 0 unspecified atom stereocenters. The molecule has 1 aliphatic heterocycles. The molecule has 0 bridgehead atoms. The largest absolute Gasteiger partial charge is 0.444 e. The summed E-state index contributed by atoms with van der Waals surface area (Å²) in [5.41, 5.74) is 0.916. The second-order valence-electron chi connectivity index (χ2n) is 8.39. The third kappa shape index (κ3) is 6.28. The molecule has 0 atom stereocenters. The second kappa shape index (κ2) is 9.16. The Morgan fingerprint density at radius 2 is 1.77 bits per heavy atom. The molecule has 3 amide bonds. The van der Waals surface area contributed by atoms with Crippen molar-refractivity contribution < 1.29 is 23.5 Å². The van der Waals surface area contributed by atoms with Crippen molar-refractivity contribution in [1.82, 2.24) is 4.90 Å². The first-order valence-electron chi connectivity index (χ1n) is 10.1. The van der Waals surface area contributed by atoms with Crippen LogP contribution in [0.15, 0.2) is 42.5 Å². The van der Waals surface area contributed by atoms with E-state index < -0.39 is 23.4 Å². The molecule has 2 aromatic carbocycles. The van der Waals surface area contributed by atoms with Crippen molar-refractivity contribution in [3.8, 4) is 0 Å². The molecular weight excluding hydrogens is 401 g/mol. The highest BCUT2D eigenvalue weighted by atomic mass is 19.1. The Kier molecular flexibility index (Phi) is 6.58. The van der Waals surface area contributed by atoms with Gasteiger partial charge in [0, 0.05) is 25.1 Å². The molecule has 0 spiro atoms. The fraction of sp³-hybridized carbons (Fsp3) is 0.348. The minimum absolute atomic E-state index is 0.114. The quantitative estimate of drug-likeness (QED) is 0.733.